The number of aliphatic imine (C=N–C) groups is 1. The van der Waals surface area contributed by atoms with Gasteiger partial charge in [-0.1, -0.05) is 18.5 Å². The fourth-order valence-electron chi connectivity index (χ4n) is 4.73. The Balaban J connectivity index is 1.29. The van der Waals surface area contributed by atoms with Crippen LogP contribution in [0.4, 0.5) is 4.79 Å². The summed E-state index contributed by atoms with van der Waals surface area (Å²) in [7, 11) is 0. The van der Waals surface area contributed by atoms with Crippen molar-refractivity contribution >= 4 is 34.8 Å². The van der Waals surface area contributed by atoms with Gasteiger partial charge in [0.1, 0.15) is 12.5 Å². The number of nitrogens with one attached hydrogen (secondary N) is 1. The van der Waals surface area contributed by atoms with Crippen molar-refractivity contribution in [3.05, 3.63) is 33.4 Å². The minimum Gasteiger partial charge on any atom is -0.381 e. The van der Waals surface area contributed by atoms with Gasteiger partial charge in [0.25, 0.3) is 0 Å². The zero-order valence-corrected chi connectivity index (χ0v) is 18.1. The first-order valence-electron chi connectivity index (χ1n) is 10.2. The maximum atomic E-state index is 12.8. The summed E-state index contributed by atoms with van der Waals surface area (Å²) >= 11 is 7.64. The molecule has 0 saturated carbocycles. The van der Waals surface area contributed by atoms with Gasteiger partial charge in [0.15, 0.2) is 5.82 Å². The Hall–Kier alpha value is -1.61. The molecule has 1 N–H and O–H groups in total. The second-order valence-corrected chi connectivity index (χ2v) is 9.92. The first-order valence-corrected chi connectivity index (χ1v) is 11.5. The number of thiophene rings is 1. The molecule has 0 spiro atoms. The van der Waals surface area contributed by atoms with Crippen LogP contribution in [0.15, 0.2) is 28.5 Å². The molecule has 1 aromatic rings. The SMILES string of the molecule is CC1CN(Cc2csc(Cl)c2)CC1C1=NC2=CN(C3CCOCC3)CN2C(=O)N1. The van der Waals surface area contributed by atoms with Gasteiger partial charge >= 0.3 is 6.03 Å². The van der Waals surface area contributed by atoms with E-state index in [0.717, 1.165) is 61.7 Å². The van der Waals surface area contributed by atoms with Gasteiger partial charge in [0.05, 0.1) is 4.34 Å². The molecule has 2 atom stereocenters. The summed E-state index contributed by atoms with van der Waals surface area (Å²) in [5.41, 5.74) is 1.25. The normalized spacial score (nSPS) is 28.4. The number of urea groups is 1. The first-order chi connectivity index (χ1) is 14.1. The van der Waals surface area contributed by atoms with Gasteiger partial charge in [-0.05, 0) is 35.8 Å². The minimum absolute atomic E-state index is 0.0638. The topological polar surface area (TPSA) is 60.4 Å². The summed E-state index contributed by atoms with van der Waals surface area (Å²) in [6.07, 6.45) is 4.05. The number of carbonyl (C=O) groups is 1. The van der Waals surface area contributed by atoms with Gasteiger partial charge in [-0.2, -0.15) is 0 Å². The third-order valence-corrected chi connectivity index (χ3v) is 7.44. The number of ether oxygens (including phenoxy) is 1. The molecule has 2 fully saturated rings. The standard InChI is InChI=1S/C20H26ClN5O2S/c1-13-7-24(8-14-6-17(21)29-11-14)9-16(13)19-22-18-10-25(12-26(18)20(27)23-19)15-2-4-28-5-3-15/h6,10-11,13,15-16H,2-5,7-9,12H2,1H3,(H,22,23,27). The van der Waals surface area contributed by atoms with Crippen molar-refractivity contribution in [3.63, 3.8) is 0 Å². The molecule has 4 aliphatic rings. The van der Waals surface area contributed by atoms with Crippen molar-refractivity contribution in [2.24, 2.45) is 16.8 Å². The lowest BCUT2D eigenvalue weighted by Crippen LogP contribution is -2.50. The van der Waals surface area contributed by atoms with Crippen LogP contribution in [0, 0.1) is 11.8 Å². The summed E-state index contributed by atoms with van der Waals surface area (Å²) in [6.45, 7) is 7.16. The molecular weight excluding hydrogens is 410 g/mol. The molecule has 5 rings (SSSR count). The highest BCUT2D eigenvalue weighted by atomic mass is 35.5. The lowest BCUT2D eigenvalue weighted by Gasteiger charge is -2.32. The minimum atomic E-state index is -0.0638. The number of fused-ring (bicyclic) bond motifs is 1. The quantitative estimate of drug-likeness (QED) is 0.789. The molecule has 29 heavy (non-hydrogen) atoms. The van der Waals surface area contributed by atoms with Crippen LogP contribution in [0.1, 0.15) is 25.3 Å². The third kappa shape index (κ3) is 3.91. The highest BCUT2D eigenvalue weighted by molar-refractivity contribution is 7.14. The van der Waals surface area contributed by atoms with E-state index >= 15 is 0 Å². The Kier molecular flexibility index (Phi) is 5.28. The molecule has 0 radical (unpaired) electrons. The number of hydrogen-bond acceptors (Lipinski definition) is 6. The molecule has 2 amide bonds. The predicted molar refractivity (Wildman–Crippen MR) is 114 cm³/mol. The molecule has 4 aliphatic heterocycles. The predicted octanol–water partition coefficient (Wildman–Crippen LogP) is 3.14. The van der Waals surface area contributed by atoms with E-state index in [1.54, 1.807) is 16.2 Å². The summed E-state index contributed by atoms with van der Waals surface area (Å²) in [6, 6.07) is 2.40. The van der Waals surface area contributed by atoms with E-state index in [1.807, 2.05) is 6.07 Å². The van der Waals surface area contributed by atoms with Crippen molar-refractivity contribution in [1.82, 2.24) is 20.0 Å². The molecule has 9 heteroatoms. The second kappa shape index (κ2) is 7.91. The van der Waals surface area contributed by atoms with Crippen LogP contribution >= 0.6 is 22.9 Å². The van der Waals surface area contributed by atoms with Gasteiger partial charge in [-0.25, -0.2) is 9.79 Å². The fraction of sp³-hybridized carbons (Fsp3) is 0.600. The van der Waals surface area contributed by atoms with Crippen LogP contribution < -0.4 is 5.32 Å². The summed E-state index contributed by atoms with van der Waals surface area (Å²) in [5, 5.41) is 5.19. The van der Waals surface area contributed by atoms with Crippen LogP contribution in [0.25, 0.3) is 0 Å². The molecular formula is C20H26ClN5O2S. The number of likely N-dealkylation sites (tertiary alicyclic amines) is 1. The largest absolute Gasteiger partial charge is 0.381 e. The van der Waals surface area contributed by atoms with Gasteiger partial charge in [0, 0.05) is 51.0 Å². The van der Waals surface area contributed by atoms with E-state index in [0.29, 0.717) is 18.6 Å². The Labute approximate surface area is 180 Å². The molecule has 156 valence electrons. The summed E-state index contributed by atoms with van der Waals surface area (Å²) in [4.78, 5) is 24.0. The number of amidine groups is 1. The zero-order chi connectivity index (χ0) is 20.0. The number of carbonyl (C=O) groups excluding carboxylic acids is 1. The molecule has 0 aliphatic carbocycles. The number of nitrogens with zero attached hydrogens (tertiary/aromatic N) is 4. The Morgan fingerprint density at radius 2 is 2.17 bits per heavy atom. The van der Waals surface area contributed by atoms with Gasteiger partial charge in [-0.3, -0.25) is 15.1 Å². The van der Waals surface area contributed by atoms with Crippen LogP contribution in [0.2, 0.25) is 4.34 Å². The van der Waals surface area contributed by atoms with Crippen molar-refractivity contribution in [1.29, 1.82) is 0 Å². The highest BCUT2D eigenvalue weighted by Crippen LogP contribution is 2.31. The molecule has 1 aromatic heterocycles. The number of hydrogen-bond donors (Lipinski definition) is 1. The average Bonchev–Trinajstić information content (AvgIpc) is 3.41. The zero-order valence-electron chi connectivity index (χ0n) is 16.5. The first kappa shape index (κ1) is 19.4. The van der Waals surface area contributed by atoms with Crippen molar-refractivity contribution in [3.8, 4) is 0 Å². The van der Waals surface area contributed by atoms with Crippen molar-refractivity contribution in [2.45, 2.75) is 32.4 Å². The molecule has 2 saturated heterocycles. The monoisotopic (exact) mass is 435 g/mol. The lowest BCUT2D eigenvalue weighted by molar-refractivity contribution is 0.0459. The molecule has 0 aromatic carbocycles. The fourth-order valence-corrected chi connectivity index (χ4v) is 5.63. The molecule has 2 unspecified atom stereocenters. The molecule has 7 nitrogen and oxygen atoms in total. The van der Waals surface area contributed by atoms with E-state index in [9.17, 15) is 4.79 Å². The third-order valence-electron chi connectivity index (χ3n) is 6.30. The van der Waals surface area contributed by atoms with Crippen LogP contribution in [-0.2, 0) is 11.3 Å². The Bertz CT molecular complexity index is 850. The highest BCUT2D eigenvalue weighted by Gasteiger charge is 2.40. The maximum absolute atomic E-state index is 12.8. The van der Waals surface area contributed by atoms with E-state index in [-0.39, 0.29) is 11.9 Å². The van der Waals surface area contributed by atoms with E-state index in [2.05, 4.69) is 33.6 Å². The van der Waals surface area contributed by atoms with Crippen molar-refractivity contribution in [2.75, 3.05) is 33.0 Å². The Morgan fingerprint density at radius 1 is 1.34 bits per heavy atom. The number of halogens is 1. The van der Waals surface area contributed by atoms with E-state index < -0.39 is 0 Å². The van der Waals surface area contributed by atoms with Gasteiger partial charge < -0.3 is 9.64 Å². The maximum Gasteiger partial charge on any atom is 0.329 e. The van der Waals surface area contributed by atoms with Gasteiger partial charge in [0.2, 0.25) is 0 Å². The van der Waals surface area contributed by atoms with Crippen molar-refractivity contribution < 1.29 is 9.53 Å². The van der Waals surface area contributed by atoms with Crippen LogP contribution in [0.5, 0.6) is 0 Å². The van der Waals surface area contributed by atoms with Crippen LogP contribution in [-0.4, -0.2) is 65.6 Å². The molecule has 5 heterocycles. The van der Waals surface area contributed by atoms with Gasteiger partial charge in [-0.15, -0.1) is 11.3 Å². The second-order valence-electron chi connectivity index (χ2n) is 8.38. The van der Waals surface area contributed by atoms with Crippen LogP contribution in [0.3, 0.4) is 0 Å². The Morgan fingerprint density at radius 3 is 2.93 bits per heavy atom. The average molecular weight is 436 g/mol. The van der Waals surface area contributed by atoms with E-state index in [4.69, 9.17) is 21.3 Å². The summed E-state index contributed by atoms with van der Waals surface area (Å²) in [5.74, 6) is 2.24. The van der Waals surface area contributed by atoms with E-state index in [1.165, 1.54) is 5.56 Å². The number of rotatable bonds is 4. The number of amides is 2. The summed E-state index contributed by atoms with van der Waals surface area (Å²) < 4.78 is 6.30. The lowest BCUT2D eigenvalue weighted by atomic mass is 9.96. The molecule has 0 bridgehead atoms. The smallest absolute Gasteiger partial charge is 0.329 e.